The van der Waals surface area contributed by atoms with E-state index in [1.807, 2.05) is 33.8 Å². The molecule has 0 heterocycles. The van der Waals surface area contributed by atoms with Crippen molar-refractivity contribution in [1.82, 2.24) is 0 Å². The number of ether oxygens (including phenoxy) is 1. The van der Waals surface area contributed by atoms with E-state index in [0.29, 0.717) is 12.0 Å². The second-order valence-electron chi connectivity index (χ2n) is 3.01. The normalized spacial score (nSPS) is 13.5. The highest BCUT2D eigenvalue weighted by Gasteiger charge is 2.10. The van der Waals surface area contributed by atoms with Crippen LogP contribution in [0.2, 0.25) is 0 Å². The van der Waals surface area contributed by atoms with Gasteiger partial charge in [0.25, 0.3) is 0 Å². The summed E-state index contributed by atoms with van der Waals surface area (Å²) < 4.78 is 5.15. The van der Waals surface area contributed by atoms with Crippen LogP contribution in [0.25, 0.3) is 0 Å². The Labute approximate surface area is 104 Å². The highest BCUT2D eigenvalue weighted by molar-refractivity contribution is 5.87. The largest absolute Gasteiger partial charge is 0.478 e. The van der Waals surface area contributed by atoms with Crippen molar-refractivity contribution in [1.29, 1.82) is 0 Å². The number of carbonyl (C=O) groups is 1. The maximum absolute atomic E-state index is 10.8. The zero-order valence-corrected chi connectivity index (χ0v) is 11.5. The summed E-state index contributed by atoms with van der Waals surface area (Å²) in [5, 5.41) is 8.88. The van der Waals surface area contributed by atoms with Crippen LogP contribution < -0.4 is 0 Å². The lowest BCUT2D eigenvalue weighted by Gasteiger charge is -2.12. The molecule has 0 aliphatic rings. The van der Waals surface area contributed by atoms with Crippen LogP contribution in [-0.4, -0.2) is 24.3 Å². The van der Waals surface area contributed by atoms with E-state index in [0.717, 1.165) is 5.57 Å². The number of hydrogen-bond donors (Lipinski definition) is 1. The zero-order chi connectivity index (χ0) is 13.8. The number of allylic oxidation sites excluding steroid dienone is 1. The van der Waals surface area contributed by atoms with Gasteiger partial charge in [-0.1, -0.05) is 32.9 Å². The van der Waals surface area contributed by atoms with E-state index in [1.54, 1.807) is 19.3 Å². The Bertz CT molecular complexity index is 288. The van der Waals surface area contributed by atoms with Crippen LogP contribution in [0.15, 0.2) is 36.0 Å². The minimum atomic E-state index is -0.893. The van der Waals surface area contributed by atoms with Gasteiger partial charge in [0, 0.05) is 12.7 Å². The molecule has 0 aliphatic heterocycles. The predicted molar refractivity (Wildman–Crippen MR) is 72.1 cm³/mol. The smallest absolute Gasteiger partial charge is 0.331 e. The monoisotopic (exact) mass is 240 g/mol. The van der Waals surface area contributed by atoms with Crippen molar-refractivity contribution in [2.45, 2.75) is 40.2 Å². The molecule has 0 rings (SSSR count). The number of methoxy groups -OCH3 is 1. The third-order valence-electron chi connectivity index (χ3n) is 2.13. The minimum absolute atomic E-state index is 0.254. The molecule has 1 atom stereocenters. The first-order valence-corrected chi connectivity index (χ1v) is 5.86. The molecule has 3 heteroatoms. The van der Waals surface area contributed by atoms with Gasteiger partial charge < -0.3 is 9.84 Å². The second-order valence-corrected chi connectivity index (χ2v) is 3.01. The van der Waals surface area contributed by atoms with Crippen LogP contribution in [0.4, 0.5) is 0 Å². The van der Waals surface area contributed by atoms with E-state index in [1.165, 1.54) is 0 Å². The third-order valence-corrected chi connectivity index (χ3v) is 2.13. The van der Waals surface area contributed by atoms with Gasteiger partial charge in [-0.05, 0) is 25.0 Å². The molecule has 0 aromatic rings. The van der Waals surface area contributed by atoms with E-state index in [4.69, 9.17) is 9.84 Å². The van der Waals surface area contributed by atoms with Gasteiger partial charge >= 0.3 is 5.97 Å². The first kappa shape index (κ1) is 18.0. The summed E-state index contributed by atoms with van der Waals surface area (Å²) in [6, 6.07) is 0. The maximum atomic E-state index is 10.8. The Hall–Kier alpha value is -1.35. The van der Waals surface area contributed by atoms with Crippen LogP contribution in [0.1, 0.15) is 34.1 Å². The lowest BCUT2D eigenvalue weighted by molar-refractivity contribution is -0.132. The number of rotatable bonds is 6. The van der Waals surface area contributed by atoms with Crippen molar-refractivity contribution in [3.63, 3.8) is 0 Å². The number of aliphatic carboxylic acids is 1. The van der Waals surface area contributed by atoms with Crippen LogP contribution >= 0.6 is 0 Å². The van der Waals surface area contributed by atoms with E-state index < -0.39 is 5.97 Å². The number of hydrogen-bond acceptors (Lipinski definition) is 2. The van der Waals surface area contributed by atoms with Crippen LogP contribution in [0.5, 0.6) is 0 Å². The minimum Gasteiger partial charge on any atom is -0.478 e. The zero-order valence-electron chi connectivity index (χ0n) is 11.5. The van der Waals surface area contributed by atoms with Crippen molar-refractivity contribution >= 4 is 5.97 Å². The van der Waals surface area contributed by atoms with Crippen molar-refractivity contribution < 1.29 is 14.6 Å². The fourth-order valence-electron chi connectivity index (χ4n) is 1.21. The van der Waals surface area contributed by atoms with Crippen molar-refractivity contribution in [3.05, 3.63) is 36.0 Å². The van der Waals surface area contributed by atoms with Crippen LogP contribution in [-0.2, 0) is 9.53 Å². The molecule has 0 aromatic carbocycles. The van der Waals surface area contributed by atoms with E-state index in [-0.39, 0.29) is 6.10 Å². The summed E-state index contributed by atoms with van der Waals surface area (Å²) in [5.74, 6) is -0.893. The molecule has 0 spiro atoms. The Balaban J connectivity index is 0. The van der Waals surface area contributed by atoms with Crippen LogP contribution in [0.3, 0.4) is 0 Å². The highest BCUT2D eigenvalue weighted by Crippen LogP contribution is 2.13. The van der Waals surface area contributed by atoms with Gasteiger partial charge in [0.15, 0.2) is 0 Å². The van der Waals surface area contributed by atoms with Gasteiger partial charge in [0.05, 0.1) is 6.10 Å². The Morgan fingerprint density at radius 1 is 1.47 bits per heavy atom. The summed E-state index contributed by atoms with van der Waals surface area (Å²) in [7, 11) is 1.57. The summed E-state index contributed by atoms with van der Waals surface area (Å²) >= 11 is 0. The Kier molecular flexibility index (Phi) is 11.8. The molecule has 0 aliphatic carbocycles. The molecule has 0 fully saturated rings. The van der Waals surface area contributed by atoms with Gasteiger partial charge in [-0.25, -0.2) is 4.79 Å². The SMILES string of the molecule is C=CC(OC)C(/C=C(\CC)C(=O)O)=C/C.CC. The first-order chi connectivity index (χ1) is 8.10. The van der Waals surface area contributed by atoms with Crippen molar-refractivity contribution in [2.75, 3.05) is 7.11 Å². The van der Waals surface area contributed by atoms with Crippen molar-refractivity contribution in [2.24, 2.45) is 0 Å². The second kappa shape index (κ2) is 11.1. The molecular weight excluding hydrogens is 216 g/mol. The summed E-state index contributed by atoms with van der Waals surface area (Å²) in [5.41, 5.74) is 1.18. The average Bonchev–Trinajstić information content (AvgIpc) is 2.36. The maximum Gasteiger partial charge on any atom is 0.331 e. The van der Waals surface area contributed by atoms with Crippen LogP contribution in [0, 0.1) is 0 Å². The molecule has 17 heavy (non-hydrogen) atoms. The van der Waals surface area contributed by atoms with Crippen molar-refractivity contribution in [3.8, 4) is 0 Å². The van der Waals surface area contributed by atoms with Gasteiger partial charge in [-0.15, -0.1) is 6.58 Å². The molecule has 0 radical (unpaired) electrons. The summed E-state index contributed by atoms with van der Waals surface area (Å²) in [4.78, 5) is 10.8. The molecule has 1 N–H and O–H groups in total. The fraction of sp³-hybridized carbons (Fsp3) is 0.500. The van der Waals surface area contributed by atoms with Gasteiger partial charge in [-0.3, -0.25) is 0 Å². The molecule has 0 saturated heterocycles. The molecule has 0 saturated carbocycles. The number of carboxylic acid groups (broad SMARTS) is 1. The molecule has 0 amide bonds. The fourth-order valence-corrected chi connectivity index (χ4v) is 1.21. The molecule has 0 bridgehead atoms. The molecular formula is C14H24O3. The summed E-state index contributed by atoms with van der Waals surface area (Å²) in [6.45, 7) is 11.3. The first-order valence-electron chi connectivity index (χ1n) is 5.86. The molecule has 98 valence electrons. The Morgan fingerprint density at radius 3 is 2.24 bits per heavy atom. The van der Waals surface area contributed by atoms with Gasteiger partial charge in [0.1, 0.15) is 0 Å². The highest BCUT2D eigenvalue weighted by atomic mass is 16.5. The lowest BCUT2D eigenvalue weighted by Crippen LogP contribution is -2.10. The van der Waals surface area contributed by atoms with Gasteiger partial charge in [0.2, 0.25) is 0 Å². The van der Waals surface area contributed by atoms with E-state index >= 15 is 0 Å². The standard InChI is InChI=1S/C12H18O3.C2H6/c1-5-9(11(7-3)15-4)8-10(6-2)12(13)14;1-2/h5,7-8,11H,3,6H2,1-2,4H3,(H,13,14);1-2H3/b9-5+,10-8+;. The van der Waals surface area contributed by atoms with Gasteiger partial charge in [-0.2, -0.15) is 0 Å². The third kappa shape index (κ3) is 6.74. The summed E-state index contributed by atoms with van der Waals surface area (Å²) in [6.07, 6.45) is 5.34. The molecule has 1 unspecified atom stereocenters. The molecule has 3 nitrogen and oxygen atoms in total. The van der Waals surface area contributed by atoms with E-state index in [9.17, 15) is 4.79 Å². The van der Waals surface area contributed by atoms with E-state index in [2.05, 4.69) is 6.58 Å². The lowest BCUT2D eigenvalue weighted by atomic mass is 10.0. The predicted octanol–water partition coefficient (Wildman–Crippen LogP) is 3.58. The Morgan fingerprint density at radius 2 is 2.00 bits per heavy atom. The average molecular weight is 240 g/mol. The topological polar surface area (TPSA) is 46.5 Å². The quantitative estimate of drug-likeness (QED) is 0.438. The number of carboxylic acids is 1. The molecule has 0 aromatic heterocycles.